The quantitative estimate of drug-likeness (QED) is 0.781. The SMILES string of the molecule is C/C(=C\c1ccc(Cl)s1)C(C)O. The Labute approximate surface area is 81.3 Å². The fourth-order valence-electron chi connectivity index (χ4n) is 0.751. The highest BCUT2D eigenvalue weighted by Gasteiger charge is 1.99. The summed E-state index contributed by atoms with van der Waals surface area (Å²) in [6, 6.07) is 3.80. The third kappa shape index (κ3) is 2.63. The van der Waals surface area contributed by atoms with E-state index >= 15 is 0 Å². The number of hydrogen-bond acceptors (Lipinski definition) is 2. The third-order valence-corrected chi connectivity index (χ3v) is 2.80. The normalized spacial score (nSPS) is 14.8. The van der Waals surface area contributed by atoms with Crippen molar-refractivity contribution in [1.29, 1.82) is 0 Å². The molecule has 1 aromatic heterocycles. The van der Waals surface area contributed by atoms with Crippen LogP contribution in [-0.4, -0.2) is 11.2 Å². The fraction of sp³-hybridized carbons (Fsp3) is 0.333. The molecule has 1 rings (SSSR count). The zero-order valence-electron chi connectivity index (χ0n) is 7.04. The lowest BCUT2D eigenvalue weighted by atomic mass is 10.2. The van der Waals surface area contributed by atoms with Crippen LogP contribution in [0.1, 0.15) is 18.7 Å². The molecule has 0 spiro atoms. The number of rotatable bonds is 2. The highest BCUT2D eigenvalue weighted by atomic mass is 35.5. The molecule has 0 saturated heterocycles. The highest BCUT2D eigenvalue weighted by molar-refractivity contribution is 7.17. The fourth-order valence-corrected chi connectivity index (χ4v) is 1.82. The summed E-state index contributed by atoms with van der Waals surface area (Å²) in [6.07, 6.45) is 1.56. The standard InChI is InChI=1S/C9H11ClOS/c1-6(7(2)11)5-8-3-4-9(10)12-8/h3-5,7,11H,1-2H3/b6-5+. The van der Waals surface area contributed by atoms with Gasteiger partial charge in [0.1, 0.15) is 0 Å². The maximum atomic E-state index is 9.19. The van der Waals surface area contributed by atoms with Gasteiger partial charge in [-0.2, -0.15) is 0 Å². The van der Waals surface area contributed by atoms with Gasteiger partial charge in [-0.05, 0) is 37.6 Å². The van der Waals surface area contributed by atoms with Gasteiger partial charge in [0.05, 0.1) is 10.4 Å². The van der Waals surface area contributed by atoms with Crippen molar-refractivity contribution >= 4 is 29.0 Å². The topological polar surface area (TPSA) is 20.2 Å². The minimum Gasteiger partial charge on any atom is -0.389 e. The van der Waals surface area contributed by atoms with Gasteiger partial charge in [0.25, 0.3) is 0 Å². The van der Waals surface area contributed by atoms with Crippen molar-refractivity contribution in [3.8, 4) is 0 Å². The molecule has 0 saturated carbocycles. The van der Waals surface area contributed by atoms with Crippen LogP contribution < -0.4 is 0 Å². The maximum absolute atomic E-state index is 9.19. The summed E-state index contributed by atoms with van der Waals surface area (Å²) in [7, 11) is 0. The summed E-state index contributed by atoms with van der Waals surface area (Å²) in [5, 5.41) is 9.19. The summed E-state index contributed by atoms with van der Waals surface area (Å²) >= 11 is 7.26. The van der Waals surface area contributed by atoms with E-state index in [9.17, 15) is 5.11 Å². The lowest BCUT2D eigenvalue weighted by Gasteiger charge is -2.01. The molecule has 0 bridgehead atoms. The molecule has 1 nitrogen and oxygen atoms in total. The lowest BCUT2D eigenvalue weighted by Crippen LogP contribution is -1.99. The largest absolute Gasteiger partial charge is 0.389 e. The van der Waals surface area contributed by atoms with E-state index in [2.05, 4.69) is 0 Å². The van der Waals surface area contributed by atoms with Crippen molar-refractivity contribution < 1.29 is 5.11 Å². The van der Waals surface area contributed by atoms with Crippen LogP contribution in [0.4, 0.5) is 0 Å². The van der Waals surface area contributed by atoms with Crippen molar-refractivity contribution in [2.75, 3.05) is 0 Å². The van der Waals surface area contributed by atoms with Crippen LogP contribution in [-0.2, 0) is 0 Å². The molecular weight excluding hydrogens is 192 g/mol. The molecule has 0 aliphatic rings. The molecule has 1 N–H and O–H groups in total. The third-order valence-electron chi connectivity index (χ3n) is 1.62. The zero-order valence-corrected chi connectivity index (χ0v) is 8.62. The van der Waals surface area contributed by atoms with Gasteiger partial charge in [0, 0.05) is 4.88 Å². The predicted molar refractivity (Wildman–Crippen MR) is 54.7 cm³/mol. The van der Waals surface area contributed by atoms with Crippen molar-refractivity contribution in [3.05, 3.63) is 26.9 Å². The predicted octanol–water partition coefficient (Wildman–Crippen LogP) is 3.19. The van der Waals surface area contributed by atoms with Crippen LogP contribution in [0.25, 0.3) is 6.08 Å². The molecule has 1 heterocycles. The molecule has 0 amide bonds. The Morgan fingerprint density at radius 1 is 1.67 bits per heavy atom. The molecule has 12 heavy (non-hydrogen) atoms. The summed E-state index contributed by atoms with van der Waals surface area (Å²) < 4.78 is 0.777. The van der Waals surface area contributed by atoms with E-state index < -0.39 is 0 Å². The molecule has 0 fully saturated rings. The summed E-state index contributed by atoms with van der Waals surface area (Å²) in [4.78, 5) is 1.08. The second-order valence-corrected chi connectivity index (χ2v) is 4.45. The van der Waals surface area contributed by atoms with E-state index in [0.717, 1.165) is 14.8 Å². The Balaban J connectivity index is 2.80. The Morgan fingerprint density at radius 2 is 2.33 bits per heavy atom. The van der Waals surface area contributed by atoms with Crippen LogP contribution in [0.3, 0.4) is 0 Å². The summed E-state index contributed by atoms with van der Waals surface area (Å²) in [5.41, 5.74) is 0.952. The number of aliphatic hydroxyl groups excluding tert-OH is 1. The Morgan fingerprint density at radius 3 is 2.75 bits per heavy atom. The molecular formula is C9H11ClOS. The molecule has 66 valence electrons. The van der Waals surface area contributed by atoms with E-state index in [-0.39, 0.29) is 6.10 Å². The van der Waals surface area contributed by atoms with Crippen molar-refractivity contribution in [3.63, 3.8) is 0 Å². The first-order valence-corrected chi connectivity index (χ1v) is 4.90. The maximum Gasteiger partial charge on any atom is 0.0934 e. The average molecular weight is 203 g/mol. The smallest absolute Gasteiger partial charge is 0.0934 e. The number of halogens is 1. The molecule has 1 atom stereocenters. The van der Waals surface area contributed by atoms with Gasteiger partial charge >= 0.3 is 0 Å². The molecule has 0 aromatic carbocycles. The molecule has 3 heteroatoms. The average Bonchev–Trinajstić information content (AvgIpc) is 2.35. The van der Waals surface area contributed by atoms with Gasteiger partial charge in [-0.15, -0.1) is 11.3 Å². The van der Waals surface area contributed by atoms with Gasteiger partial charge in [0.2, 0.25) is 0 Å². The Hall–Kier alpha value is -0.310. The zero-order chi connectivity index (χ0) is 9.14. The second-order valence-electron chi connectivity index (χ2n) is 2.71. The minimum absolute atomic E-state index is 0.383. The van der Waals surface area contributed by atoms with Crippen molar-refractivity contribution in [2.45, 2.75) is 20.0 Å². The van der Waals surface area contributed by atoms with Crippen LogP contribution in [0.2, 0.25) is 4.34 Å². The first kappa shape index (κ1) is 9.78. The molecule has 0 radical (unpaired) electrons. The molecule has 0 aliphatic carbocycles. The van der Waals surface area contributed by atoms with Crippen LogP contribution in [0.5, 0.6) is 0 Å². The number of aliphatic hydroxyl groups is 1. The van der Waals surface area contributed by atoms with Gasteiger partial charge in [-0.25, -0.2) is 0 Å². The second kappa shape index (κ2) is 4.08. The first-order chi connectivity index (χ1) is 5.59. The minimum atomic E-state index is -0.383. The number of hydrogen-bond donors (Lipinski definition) is 1. The van der Waals surface area contributed by atoms with Crippen molar-refractivity contribution in [1.82, 2.24) is 0 Å². The molecule has 0 aliphatic heterocycles. The van der Waals surface area contributed by atoms with Gasteiger partial charge in [-0.1, -0.05) is 11.6 Å². The van der Waals surface area contributed by atoms with Gasteiger partial charge in [0.15, 0.2) is 0 Å². The Bertz CT molecular complexity index is 288. The van der Waals surface area contributed by atoms with Crippen molar-refractivity contribution in [2.24, 2.45) is 0 Å². The van der Waals surface area contributed by atoms with Crippen LogP contribution in [0.15, 0.2) is 17.7 Å². The van der Waals surface area contributed by atoms with E-state index in [0.29, 0.717) is 0 Å². The lowest BCUT2D eigenvalue weighted by molar-refractivity contribution is 0.232. The van der Waals surface area contributed by atoms with Crippen LogP contribution >= 0.6 is 22.9 Å². The molecule has 1 aromatic rings. The summed E-state index contributed by atoms with van der Waals surface area (Å²) in [5.74, 6) is 0. The Kier molecular flexibility index (Phi) is 3.32. The van der Waals surface area contributed by atoms with E-state index in [1.807, 2.05) is 25.1 Å². The summed E-state index contributed by atoms with van der Waals surface area (Å²) in [6.45, 7) is 3.65. The van der Waals surface area contributed by atoms with Crippen LogP contribution in [0, 0.1) is 0 Å². The van der Waals surface area contributed by atoms with E-state index in [4.69, 9.17) is 11.6 Å². The first-order valence-electron chi connectivity index (χ1n) is 3.71. The van der Waals surface area contributed by atoms with E-state index in [1.54, 1.807) is 6.92 Å². The monoisotopic (exact) mass is 202 g/mol. The molecule has 1 unspecified atom stereocenters. The highest BCUT2D eigenvalue weighted by Crippen LogP contribution is 2.23. The van der Waals surface area contributed by atoms with Gasteiger partial charge in [-0.3, -0.25) is 0 Å². The van der Waals surface area contributed by atoms with Gasteiger partial charge < -0.3 is 5.11 Å². The van der Waals surface area contributed by atoms with E-state index in [1.165, 1.54) is 11.3 Å². The number of thiophene rings is 1.